The van der Waals surface area contributed by atoms with Gasteiger partial charge in [-0.25, -0.2) is 0 Å². The smallest absolute Gasteiger partial charge is 0.377 e. The van der Waals surface area contributed by atoms with Crippen LogP contribution in [0.4, 0.5) is 13.2 Å². The molecule has 2 amide bonds. The normalized spacial score (nSPS) is 16.6. The van der Waals surface area contributed by atoms with E-state index in [4.69, 9.17) is 4.74 Å². The van der Waals surface area contributed by atoms with Crippen LogP contribution in [0.1, 0.15) is 31.5 Å². The summed E-state index contributed by atoms with van der Waals surface area (Å²) in [6, 6.07) is 7.32. The van der Waals surface area contributed by atoms with Gasteiger partial charge in [0.05, 0.1) is 24.1 Å². The van der Waals surface area contributed by atoms with E-state index in [0.29, 0.717) is 30.2 Å². The lowest BCUT2D eigenvalue weighted by Gasteiger charge is -2.35. The quantitative estimate of drug-likeness (QED) is 0.601. The second kappa shape index (κ2) is 9.32. The molecule has 1 N–H and O–H groups in total. The first-order valence-corrected chi connectivity index (χ1v) is 10.8. The molecule has 12 heteroatoms. The molecule has 33 heavy (non-hydrogen) atoms. The van der Waals surface area contributed by atoms with Gasteiger partial charge in [-0.15, -0.1) is 11.3 Å². The van der Waals surface area contributed by atoms with E-state index in [2.05, 4.69) is 20.0 Å². The summed E-state index contributed by atoms with van der Waals surface area (Å²) in [5.41, 5.74) is 1.47. The fourth-order valence-electron chi connectivity index (χ4n) is 3.35. The van der Waals surface area contributed by atoms with Crippen LogP contribution in [0.3, 0.4) is 0 Å². The molecule has 3 heterocycles. The van der Waals surface area contributed by atoms with E-state index in [0.717, 1.165) is 5.56 Å². The minimum atomic E-state index is -4.73. The Labute approximate surface area is 190 Å². The van der Waals surface area contributed by atoms with Gasteiger partial charge in [0.1, 0.15) is 0 Å². The van der Waals surface area contributed by atoms with E-state index in [1.165, 1.54) is 35.6 Å². The number of aryl methyl sites for hydroxylation is 1. The lowest BCUT2D eigenvalue weighted by molar-refractivity contribution is -0.159. The van der Waals surface area contributed by atoms with Gasteiger partial charge in [-0.2, -0.15) is 18.2 Å². The minimum absolute atomic E-state index is 0.0901. The van der Waals surface area contributed by atoms with Crippen molar-refractivity contribution in [2.24, 2.45) is 0 Å². The van der Waals surface area contributed by atoms with E-state index in [1.807, 2.05) is 18.4 Å². The van der Waals surface area contributed by atoms with Gasteiger partial charge in [-0.05, 0) is 36.1 Å². The Hall–Kier alpha value is -3.25. The van der Waals surface area contributed by atoms with E-state index < -0.39 is 18.0 Å². The Morgan fingerprint density at radius 3 is 2.64 bits per heavy atom. The summed E-state index contributed by atoms with van der Waals surface area (Å²) in [5, 5.41) is 7.97. The topological polar surface area (TPSA) is 97.6 Å². The van der Waals surface area contributed by atoms with Gasteiger partial charge < -0.3 is 19.5 Å². The Balaban J connectivity index is 1.39. The molecular weight excluding hydrogens is 461 g/mol. The summed E-state index contributed by atoms with van der Waals surface area (Å²) >= 11 is 1.38. The number of benzene rings is 1. The van der Waals surface area contributed by atoms with Gasteiger partial charge in [0.2, 0.25) is 5.82 Å². The van der Waals surface area contributed by atoms with E-state index in [9.17, 15) is 22.8 Å². The fraction of sp³-hybridized carbons (Fsp3) is 0.333. The molecule has 0 saturated carbocycles. The van der Waals surface area contributed by atoms with Gasteiger partial charge in [0.25, 0.3) is 11.8 Å². The molecule has 2 aromatic heterocycles. The zero-order valence-electron chi connectivity index (χ0n) is 17.4. The molecule has 0 bridgehead atoms. The highest BCUT2D eigenvalue weighted by molar-refractivity contribution is 7.12. The molecular formula is C21H19F3N4O4S. The number of halogens is 3. The SMILES string of the molecule is Cc1ccsc1C(=O)N1CCOCC1CNC(=O)c1ccc(-c2noc(C(F)(F)F)n2)cc1. The van der Waals surface area contributed by atoms with Crippen LogP contribution in [0.15, 0.2) is 40.2 Å². The van der Waals surface area contributed by atoms with Crippen LogP contribution in [0, 0.1) is 6.92 Å². The zero-order chi connectivity index (χ0) is 23.6. The Kier molecular flexibility index (Phi) is 6.47. The monoisotopic (exact) mass is 480 g/mol. The molecule has 1 saturated heterocycles. The highest BCUT2D eigenvalue weighted by atomic mass is 32.1. The molecule has 0 spiro atoms. The van der Waals surface area contributed by atoms with E-state index >= 15 is 0 Å². The predicted molar refractivity (Wildman–Crippen MR) is 112 cm³/mol. The first-order chi connectivity index (χ1) is 15.7. The first-order valence-electron chi connectivity index (χ1n) is 9.96. The maximum absolute atomic E-state index is 12.9. The molecule has 0 radical (unpaired) electrons. The number of aromatic nitrogens is 2. The second-order valence-electron chi connectivity index (χ2n) is 7.37. The van der Waals surface area contributed by atoms with Crippen molar-refractivity contribution in [1.29, 1.82) is 0 Å². The number of carbonyl (C=O) groups excluding carboxylic acids is 2. The maximum Gasteiger partial charge on any atom is 0.471 e. The predicted octanol–water partition coefficient (Wildman–Crippen LogP) is 3.40. The number of nitrogens with zero attached hydrogens (tertiary/aromatic N) is 3. The largest absolute Gasteiger partial charge is 0.471 e. The number of rotatable bonds is 5. The highest BCUT2D eigenvalue weighted by Gasteiger charge is 2.38. The standard InChI is InChI=1S/C21H19F3N4O4S/c1-12-6-9-33-16(12)19(30)28-7-8-31-11-15(28)10-25-18(29)14-4-2-13(3-5-14)17-26-20(32-27-17)21(22,23)24/h2-6,9,15H,7-8,10-11H2,1H3,(H,25,29). The number of carbonyl (C=O) groups is 2. The third-order valence-electron chi connectivity index (χ3n) is 5.12. The highest BCUT2D eigenvalue weighted by Crippen LogP contribution is 2.29. The van der Waals surface area contributed by atoms with Crippen LogP contribution < -0.4 is 5.32 Å². The minimum Gasteiger partial charge on any atom is -0.377 e. The molecule has 1 fully saturated rings. The second-order valence-corrected chi connectivity index (χ2v) is 8.28. The van der Waals surface area contributed by atoms with Gasteiger partial charge in [-0.1, -0.05) is 17.3 Å². The van der Waals surface area contributed by atoms with Crippen molar-refractivity contribution in [3.8, 4) is 11.4 Å². The fourth-order valence-corrected chi connectivity index (χ4v) is 4.23. The third-order valence-corrected chi connectivity index (χ3v) is 6.12. The summed E-state index contributed by atoms with van der Waals surface area (Å²) in [6.45, 7) is 3.22. The van der Waals surface area contributed by atoms with Crippen LogP contribution >= 0.6 is 11.3 Å². The summed E-state index contributed by atoms with van der Waals surface area (Å²) in [7, 11) is 0. The molecule has 3 aromatic rings. The van der Waals surface area contributed by atoms with Crippen LogP contribution in [-0.4, -0.2) is 59.2 Å². The van der Waals surface area contributed by atoms with Gasteiger partial charge in [0, 0.05) is 24.2 Å². The molecule has 0 aliphatic carbocycles. The number of hydrogen-bond donors (Lipinski definition) is 1. The molecule has 8 nitrogen and oxygen atoms in total. The van der Waals surface area contributed by atoms with Crippen molar-refractivity contribution in [2.75, 3.05) is 26.3 Å². The van der Waals surface area contributed by atoms with Crippen LogP contribution in [-0.2, 0) is 10.9 Å². The molecule has 174 valence electrons. The number of alkyl halides is 3. The van der Waals surface area contributed by atoms with Crippen molar-refractivity contribution in [1.82, 2.24) is 20.4 Å². The summed E-state index contributed by atoms with van der Waals surface area (Å²) in [6.07, 6.45) is -4.73. The van der Waals surface area contributed by atoms with E-state index in [-0.39, 0.29) is 29.9 Å². The Bertz CT molecular complexity index is 1140. The number of nitrogens with one attached hydrogen (secondary N) is 1. The number of amides is 2. The molecule has 4 rings (SSSR count). The number of thiophene rings is 1. The summed E-state index contributed by atoms with van der Waals surface area (Å²) in [5.74, 6) is -2.15. The molecule has 1 aromatic carbocycles. The van der Waals surface area contributed by atoms with Crippen LogP contribution in [0.2, 0.25) is 0 Å². The van der Waals surface area contributed by atoms with Gasteiger partial charge in [-0.3, -0.25) is 9.59 Å². The lowest BCUT2D eigenvalue weighted by atomic mass is 10.1. The zero-order valence-corrected chi connectivity index (χ0v) is 18.2. The van der Waals surface area contributed by atoms with Crippen molar-refractivity contribution in [3.63, 3.8) is 0 Å². The summed E-state index contributed by atoms with van der Waals surface area (Å²) in [4.78, 5) is 31.2. The summed E-state index contributed by atoms with van der Waals surface area (Å²) < 4.78 is 47.6. The maximum atomic E-state index is 12.9. The number of morpholine rings is 1. The average molecular weight is 480 g/mol. The lowest BCUT2D eigenvalue weighted by Crippen LogP contribution is -2.53. The number of hydrogen-bond acceptors (Lipinski definition) is 7. The van der Waals surface area contributed by atoms with Gasteiger partial charge in [0.15, 0.2) is 0 Å². The van der Waals surface area contributed by atoms with Crippen molar-refractivity contribution < 1.29 is 32.0 Å². The van der Waals surface area contributed by atoms with Crippen LogP contribution in [0.5, 0.6) is 0 Å². The van der Waals surface area contributed by atoms with Gasteiger partial charge >= 0.3 is 12.1 Å². The van der Waals surface area contributed by atoms with E-state index in [1.54, 1.807) is 4.90 Å². The van der Waals surface area contributed by atoms with Crippen molar-refractivity contribution >= 4 is 23.2 Å². The molecule has 1 unspecified atom stereocenters. The van der Waals surface area contributed by atoms with Crippen molar-refractivity contribution in [2.45, 2.75) is 19.1 Å². The molecule has 1 aliphatic rings. The Morgan fingerprint density at radius 2 is 2.00 bits per heavy atom. The average Bonchev–Trinajstić information content (AvgIpc) is 3.47. The van der Waals surface area contributed by atoms with Crippen LogP contribution in [0.25, 0.3) is 11.4 Å². The third kappa shape index (κ3) is 5.06. The Morgan fingerprint density at radius 1 is 1.24 bits per heavy atom. The first kappa shape index (κ1) is 22.9. The number of ether oxygens (including phenoxy) is 1. The molecule has 1 atom stereocenters. The molecule has 1 aliphatic heterocycles. The van der Waals surface area contributed by atoms with Crippen molar-refractivity contribution in [3.05, 3.63) is 57.6 Å².